The third kappa shape index (κ3) is 4.19. The van der Waals surface area contributed by atoms with Crippen LogP contribution >= 0.6 is 0 Å². The lowest BCUT2D eigenvalue weighted by molar-refractivity contribution is 1.18. The van der Waals surface area contributed by atoms with Gasteiger partial charge < -0.3 is 9.47 Å². The standard InChI is InChI=1S/C44H30N2/c1-4-14-31(15-5-1)32-24-26-35(27-25-32)45(33-16-6-2-7-17-33)36-28-29-41-42(30-36)46(34-18-8-3-9-19-34)44-40-23-13-11-21-38(40)37-20-10-12-22-39(37)43(41)44/h1-30H/i1D,4D,5D,14D,15D. The molecule has 0 aliphatic rings. The van der Waals surface area contributed by atoms with E-state index in [9.17, 15) is 0 Å². The average molecular weight is 592 g/mol. The van der Waals surface area contributed by atoms with Gasteiger partial charge in [-0.25, -0.2) is 0 Å². The van der Waals surface area contributed by atoms with Gasteiger partial charge in [0.25, 0.3) is 0 Å². The summed E-state index contributed by atoms with van der Waals surface area (Å²) >= 11 is 0. The lowest BCUT2D eigenvalue weighted by atomic mass is 9.96. The van der Waals surface area contributed by atoms with Crippen LogP contribution in [-0.4, -0.2) is 4.57 Å². The highest BCUT2D eigenvalue weighted by atomic mass is 15.1. The summed E-state index contributed by atoms with van der Waals surface area (Å²) in [6.07, 6.45) is 0. The molecular weight excluding hydrogens is 556 g/mol. The Morgan fingerprint density at radius 1 is 0.435 bits per heavy atom. The van der Waals surface area contributed by atoms with Crippen molar-refractivity contribution in [1.82, 2.24) is 4.57 Å². The summed E-state index contributed by atoms with van der Waals surface area (Å²) < 4.78 is 43.8. The lowest BCUT2D eigenvalue weighted by Gasteiger charge is -2.26. The van der Waals surface area contributed by atoms with E-state index in [0.29, 0.717) is 5.56 Å². The van der Waals surface area contributed by atoms with Gasteiger partial charge in [0.2, 0.25) is 0 Å². The van der Waals surface area contributed by atoms with E-state index in [1.54, 1.807) is 0 Å². The van der Waals surface area contributed by atoms with E-state index in [1.165, 1.54) is 26.9 Å². The Morgan fingerprint density at radius 3 is 1.72 bits per heavy atom. The van der Waals surface area contributed by atoms with Crippen LogP contribution in [-0.2, 0) is 0 Å². The van der Waals surface area contributed by atoms with E-state index >= 15 is 0 Å². The van der Waals surface area contributed by atoms with Gasteiger partial charge >= 0.3 is 0 Å². The zero-order valence-electron chi connectivity index (χ0n) is 29.8. The van der Waals surface area contributed by atoms with Crippen molar-refractivity contribution in [1.29, 1.82) is 0 Å². The quantitative estimate of drug-likeness (QED) is 0.181. The number of fused-ring (bicyclic) bond motifs is 8. The minimum Gasteiger partial charge on any atom is -0.310 e. The first kappa shape index (κ1) is 21.6. The van der Waals surface area contributed by atoms with Gasteiger partial charge in [-0.3, -0.25) is 0 Å². The minimum atomic E-state index is -0.398. The molecule has 0 radical (unpaired) electrons. The molecule has 46 heavy (non-hydrogen) atoms. The fourth-order valence-corrected chi connectivity index (χ4v) is 6.84. The van der Waals surface area contributed by atoms with Gasteiger partial charge in [-0.1, -0.05) is 133 Å². The predicted octanol–water partition coefficient (Wildman–Crippen LogP) is 12.2. The van der Waals surface area contributed by atoms with Gasteiger partial charge in [-0.15, -0.1) is 0 Å². The summed E-state index contributed by atoms with van der Waals surface area (Å²) in [5, 5.41) is 7.21. The number of benzene rings is 8. The first-order valence-electron chi connectivity index (χ1n) is 17.9. The number of hydrogen-bond donors (Lipinski definition) is 0. The molecule has 2 heteroatoms. The molecule has 216 valence electrons. The molecule has 0 saturated carbocycles. The molecule has 1 heterocycles. The highest BCUT2D eigenvalue weighted by Gasteiger charge is 2.21. The molecule has 0 unspecified atom stereocenters. The first-order chi connectivity index (χ1) is 24.9. The number of para-hydroxylation sites is 2. The van der Waals surface area contributed by atoms with Crippen LogP contribution in [0.25, 0.3) is 60.2 Å². The molecule has 0 bridgehead atoms. The van der Waals surface area contributed by atoms with Gasteiger partial charge in [-0.05, 0) is 75.8 Å². The van der Waals surface area contributed by atoms with E-state index in [1.807, 2.05) is 48.5 Å². The summed E-state index contributed by atoms with van der Waals surface area (Å²) in [4.78, 5) is 2.19. The second kappa shape index (κ2) is 10.8. The molecule has 0 amide bonds. The topological polar surface area (TPSA) is 8.17 Å². The molecule has 0 aliphatic carbocycles. The summed E-state index contributed by atoms with van der Waals surface area (Å²) in [7, 11) is 0. The molecule has 0 fully saturated rings. The number of hydrogen-bond acceptors (Lipinski definition) is 1. The maximum absolute atomic E-state index is 8.51. The van der Waals surface area contributed by atoms with Crippen molar-refractivity contribution in [2.75, 3.05) is 4.90 Å². The van der Waals surface area contributed by atoms with Crippen molar-refractivity contribution < 1.29 is 6.85 Å². The lowest BCUT2D eigenvalue weighted by Crippen LogP contribution is -2.10. The van der Waals surface area contributed by atoms with Crippen molar-refractivity contribution in [2.24, 2.45) is 0 Å². The Balaban J connectivity index is 1.31. The molecule has 9 aromatic rings. The molecule has 9 rings (SSSR count). The summed E-state index contributed by atoms with van der Waals surface area (Å²) in [6.45, 7) is 0. The molecule has 0 aliphatic heterocycles. The van der Waals surface area contributed by atoms with E-state index < -0.39 is 6.04 Å². The Labute approximate surface area is 275 Å². The van der Waals surface area contributed by atoms with Crippen molar-refractivity contribution >= 4 is 60.4 Å². The molecule has 0 saturated heterocycles. The van der Waals surface area contributed by atoms with E-state index in [2.05, 4.69) is 113 Å². The van der Waals surface area contributed by atoms with Crippen LogP contribution in [0.15, 0.2) is 182 Å². The fourth-order valence-electron chi connectivity index (χ4n) is 6.84. The normalized spacial score (nSPS) is 13.0. The van der Waals surface area contributed by atoms with E-state index in [-0.39, 0.29) is 29.7 Å². The van der Waals surface area contributed by atoms with Crippen LogP contribution in [0.2, 0.25) is 0 Å². The third-order valence-corrected chi connectivity index (χ3v) is 8.82. The van der Waals surface area contributed by atoms with Crippen molar-refractivity contribution in [3.05, 3.63) is 182 Å². The number of nitrogens with zero attached hydrogens (tertiary/aromatic N) is 2. The summed E-state index contributed by atoms with van der Waals surface area (Å²) in [5.41, 5.74) is 6.85. The maximum atomic E-state index is 8.51. The Morgan fingerprint density at radius 2 is 1.00 bits per heavy atom. The minimum absolute atomic E-state index is 0.187. The molecule has 0 atom stereocenters. The third-order valence-electron chi connectivity index (χ3n) is 8.82. The van der Waals surface area contributed by atoms with Crippen LogP contribution in [0, 0.1) is 0 Å². The number of aromatic nitrogens is 1. The highest BCUT2D eigenvalue weighted by Crippen LogP contribution is 2.44. The second-order valence-electron chi connectivity index (χ2n) is 11.4. The summed E-state index contributed by atoms with van der Waals surface area (Å²) in [6, 6.07) is 50.7. The molecule has 0 N–H and O–H groups in total. The van der Waals surface area contributed by atoms with Crippen molar-refractivity contribution in [2.45, 2.75) is 0 Å². The van der Waals surface area contributed by atoms with Gasteiger partial charge in [0.1, 0.15) is 0 Å². The highest BCUT2D eigenvalue weighted by molar-refractivity contribution is 6.32. The average Bonchev–Trinajstić information content (AvgIpc) is 3.53. The monoisotopic (exact) mass is 591 g/mol. The number of anilines is 3. The zero-order valence-corrected chi connectivity index (χ0v) is 24.8. The predicted molar refractivity (Wildman–Crippen MR) is 196 cm³/mol. The van der Waals surface area contributed by atoms with E-state index in [4.69, 9.17) is 6.85 Å². The van der Waals surface area contributed by atoms with Crippen LogP contribution in [0.4, 0.5) is 17.1 Å². The first-order valence-corrected chi connectivity index (χ1v) is 15.4. The molecule has 0 spiro atoms. The van der Waals surface area contributed by atoms with E-state index in [0.717, 1.165) is 39.2 Å². The van der Waals surface area contributed by atoms with Crippen LogP contribution in [0.3, 0.4) is 0 Å². The Kier molecular flexibility index (Phi) is 5.06. The van der Waals surface area contributed by atoms with Gasteiger partial charge in [-0.2, -0.15) is 0 Å². The smallest absolute Gasteiger partial charge is 0.0629 e. The zero-order chi connectivity index (χ0) is 34.8. The largest absolute Gasteiger partial charge is 0.310 e. The van der Waals surface area contributed by atoms with Gasteiger partial charge in [0, 0.05) is 38.9 Å². The SMILES string of the molecule is [2H]c1c([2H])c([2H])c(-c2ccc(N(c3ccccc3)c3ccc4c5c6ccccc6c6ccccc6c5n(-c5ccccc5)c4c3)cc2)c([2H])c1[2H]. The Hall–Kier alpha value is -6.12. The van der Waals surface area contributed by atoms with Crippen LogP contribution < -0.4 is 4.90 Å². The molecular formula is C44H30N2. The molecule has 8 aromatic carbocycles. The van der Waals surface area contributed by atoms with Crippen LogP contribution in [0.1, 0.15) is 6.85 Å². The molecule has 1 aromatic heterocycles. The maximum Gasteiger partial charge on any atom is 0.0629 e. The van der Waals surface area contributed by atoms with Crippen molar-refractivity contribution in [3.8, 4) is 16.8 Å². The van der Waals surface area contributed by atoms with Crippen molar-refractivity contribution in [3.63, 3.8) is 0 Å². The number of rotatable bonds is 5. The fraction of sp³-hybridized carbons (Fsp3) is 0. The van der Waals surface area contributed by atoms with Crippen LogP contribution in [0.5, 0.6) is 0 Å². The molecule has 2 nitrogen and oxygen atoms in total. The second-order valence-corrected chi connectivity index (χ2v) is 11.4. The summed E-state index contributed by atoms with van der Waals surface area (Å²) in [5.74, 6) is 0. The van der Waals surface area contributed by atoms with Gasteiger partial charge in [0.05, 0.1) is 17.9 Å². The van der Waals surface area contributed by atoms with Gasteiger partial charge in [0.15, 0.2) is 0 Å². The Bertz CT molecular complexity index is 2760.